The van der Waals surface area contributed by atoms with Crippen molar-refractivity contribution < 1.29 is 13.9 Å². The number of hydrogen-bond acceptors (Lipinski definition) is 3. The average Bonchev–Trinajstić information content (AvgIpc) is 2.61. The van der Waals surface area contributed by atoms with E-state index < -0.39 is 11.5 Å². The predicted molar refractivity (Wildman–Crippen MR) is 53.6 cm³/mol. The Morgan fingerprint density at radius 2 is 2.40 bits per heavy atom. The quantitative estimate of drug-likeness (QED) is 0.850. The van der Waals surface area contributed by atoms with Crippen molar-refractivity contribution in [1.29, 1.82) is 0 Å². The van der Waals surface area contributed by atoms with E-state index in [1.807, 2.05) is 5.38 Å². The van der Waals surface area contributed by atoms with Gasteiger partial charge in [0.2, 0.25) is 0 Å². The summed E-state index contributed by atoms with van der Waals surface area (Å²) in [5.41, 5.74) is 0.398. The molecule has 3 nitrogen and oxygen atoms in total. The maximum atomic E-state index is 12.5. The summed E-state index contributed by atoms with van der Waals surface area (Å²) in [5, 5.41) is 7.29. The fourth-order valence-electron chi connectivity index (χ4n) is 1.19. The number of aliphatic hydroxyl groups is 1. The van der Waals surface area contributed by atoms with E-state index in [9.17, 15) is 8.78 Å². The minimum absolute atomic E-state index is 0.259. The molecule has 2 aromatic rings. The number of thiazole rings is 1. The lowest BCUT2D eigenvalue weighted by atomic mass is 10.2. The maximum absolute atomic E-state index is 12.5. The molecule has 2 rings (SSSR count). The van der Waals surface area contributed by atoms with Crippen molar-refractivity contribution in [2.24, 2.45) is 0 Å². The van der Waals surface area contributed by atoms with Gasteiger partial charge in [-0.3, -0.25) is 4.40 Å². The van der Waals surface area contributed by atoms with Crippen molar-refractivity contribution in [2.45, 2.75) is 17.9 Å². The van der Waals surface area contributed by atoms with Gasteiger partial charge in [-0.25, -0.2) is 4.98 Å². The van der Waals surface area contributed by atoms with Gasteiger partial charge in [0.05, 0.1) is 5.69 Å². The molecule has 1 unspecified atom stereocenters. The molecule has 2 aromatic heterocycles. The number of halogens is 3. The fraction of sp³-hybridized carbons (Fsp3) is 0.375. The lowest BCUT2D eigenvalue weighted by Gasteiger charge is -2.13. The Balaban J connectivity index is 2.16. The lowest BCUT2D eigenvalue weighted by molar-refractivity contribution is -0.0401. The molecule has 0 aliphatic carbocycles. The third-order valence-electron chi connectivity index (χ3n) is 1.92. The number of imidazole rings is 1. The van der Waals surface area contributed by atoms with Crippen molar-refractivity contribution in [3.05, 3.63) is 23.5 Å². The second kappa shape index (κ2) is 3.70. The minimum Gasteiger partial charge on any atom is -0.385 e. The summed E-state index contributed by atoms with van der Waals surface area (Å²) < 4.78 is 26.6. The summed E-state index contributed by atoms with van der Waals surface area (Å²) in [5.74, 6) is 0. The summed E-state index contributed by atoms with van der Waals surface area (Å²) in [6.45, 7) is 0. The molecule has 2 heterocycles. The monoisotopic (exact) mass is 252 g/mol. The Morgan fingerprint density at radius 1 is 1.67 bits per heavy atom. The number of aliphatic hydroxyl groups excluding tert-OH is 1. The molecule has 82 valence electrons. The maximum Gasteiger partial charge on any atom is 0.347 e. The van der Waals surface area contributed by atoms with Gasteiger partial charge in [-0.1, -0.05) is 0 Å². The zero-order valence-electron chi connectivity index (χ0n) is 7.40. The third kappa shape index (κ3) is 2.27. The summed E-state index contributed by atoms with van der Waals surface area (Å²) in [6.07, 6.45) is 1.19. The molecule has 0 amide bonds. The highest BCUT2D eigenvalue weighted by Gasteiger charge is 2.36. The zero-order valence-corrected chi connectivity index (χ0v) is 8.97. The van der Waals surface area contributed by atoms with Crippen LogP contribution >= 0.6 is 22.9 Å². The molecular weight excluding hydrogens is 246 g/mol. The van der Waals surface area contributed by atoms with Gasteiger partial charge in [0, 0.05) is 24.2 Å². The van der Waals surface area contributed by atoms with Crippen LogP contribution in [0.5, 0.6) is 0 Å². The van der Waals surface area contributed by atoms with E-state index in [-0.39, 0.29) is 6.42 Å². The second-order valence-corrected chi connectivity index (χ2v) is 4.46. The number of aromatic nitrogens is 2. The number of alkyl halides is 3. The van der Waals surface area contributed by atoms with Gasteiger partial charge in [-0.2, -0.15) is 8.78 Å². The van der Waals surface area contributed by atoms with E-state index in [0.717, 1.165) is 0 Å². The third-order valence-corrected chi connectivity index (χ3v) is 2.95. The standard InChI is InChI=1S/C8H7ClF2N2OS/c9-8(10,11)6(14)3-5-4-13-1-2-15-7(13)12-5/h1-2,4,6,14H,3H2. The Labute approximate surface area is 92.9 Å². The van der Waals surface area contributed by atoms with Crippen LogP contribution in [0.3, 0.4) is 0 Å². The van der Waals surface area contributed by atoms with Crippen LogP contribution in [-0.2, 0) is 6.42 Å². The van der Waals surface area contributed by atoms with Gasteiger partial charge in [0.15, 0.2) is 4.96 Å². The molecule has 0 bridgehead atoms. The molecule has 1 atom stereocenters. The van der Waals surface area contributed by atoms with Gasteiger partial charge in [0.1, 0.15) is 6.10 Å². The van der Waals surface area contributed by atoms with Crippen LogP contribution in [0, 0.1) is 0 Å². The molecule has 0 aromatic carbocycles. The Morgan fingerprint density at radius 3 is 3.00 bits per heavy atom. The van der Waals surface area contributed by atoms with Crippen molar-refractivity contribution in [3.63, 3.8) is 0 Å². The second-order valence-electron chi connectivity index (χ2n) is 3.09. The first-order valence-electron chi connectivity index (χ1n) is 4.12. The van der Waals surface area contributed by atoms with Crippen LogP contribution in [-0.4, -0.2) is 26.0 Å². The normalized spacial score (nSPS) is 14.7. The van der Waals surface area contributed by atoms with Gasteiger partial charge >= 0.3 is 5.38 Å². The van der Waals surface area contributed by atoms with E-state index >= 15 is 0 Å². The molecule has 0 radical (unpaired) electrons. The predicted octanol–water partition coefficient (Wildman–Crippen LogP) is 2.13. The van der Waals surface area contributed by atoms with Crippen LogP contribution in [0.2, 0.25) is 0 Å². The molecule has 0 fully saturated rings. The van der Waals surface area contributed by atoms with Gasteiger partial charge in [-0.05, 0) is 11.6 Å². The first-order valence-corrected chi connectivity index (χ1v) is 5.38. The van der Waals surface area contributed by atoms with Crippen molar-refractivity contribution in [1.82, 2.24) is 9.38 Å². The van der Waals surface area contributed by atoms with Crippen molar-refractivity contribution in [3.8, 4) is 0 Å². The van der Waals surface area contributed by atoms with E-state index in [2.05, 4.69) is 4.98 Å². The number of nitrogens with zero attached hydrogens (tertiary/aromatic N) is 2. The summed E-state index contributed by atoms with van der Waals surface area (Å²) in [7, 11) is 0. The first kappa shape index (κ1) is 10.8. The van der Waals surface area contributed by atoms with Crippen LogP contribution in [0.25, 0.3) is 4.96 Å². The number of hydrogen-bond donors (Lipinski definition) is 1. The Kier molecular flexibility index (Phi) is 2.66. The fourth-order valence-corrected chi connectivity index (χ4v) is 1.98. The van der Waals surface area contributed by atoms with Crippen LogP contribution in [0.4, 0.5) is 8.78 Å². The number of rotatable bonds is 3. The minimum atomic E-state index is -3.61. The van der Waals surface area contributed by atoms with Gasteiger partial charge < -0.3 is 5.11 Å². The van der Waals surface area contributed by atoms with E-state index in [1.165, 1.54) is 11.3 Å². The molecule has 15 heavy (non-hydrogen) atoms. The smallest absolute Gasteiger partial charge is 0.347 e. The highest BCUT2D eigenvalue weighted by molar-refractivity contribution is 7.15. The first-order chi connectivity index (χ1) is 6.97. The lowest BCUT2D eigenvalue weighted by Crippen LogP contribution is -2.29. The largest absolute Gasteiger partial charge is 0.385 e. The molecule has 0 saturated carbocycles. The highest BCUT2D eigenvalue weighted by Crippen LogP contribution is 2.26. The van der Waals surface area contributed by atoms with Crippen LogP contribution in [0.15, 0.2) is 17.8 Å². The van der Waals surface area contributed by atoms with Crippen molar-refractivity contribution >= 4 is 27.9 Å². The molecule has 1 N–H and O–H groups in total. The Bertz CT molecular complexity index is 436. The van der Waals surface area contributed by atoms with E-state index in [1.54, 1.807) is 16.8 Å². The van der Waals surface area contributed by atoms with Crippen LogP contribution < -0.4 is 0 Å². The Hall–Kier alpha value is -0.720. The van der Waals surface area contributed by atoms with E-state index in [0.29, 0.717) is 10.7 Å². The highest BCUT2D eigenvalue weighted by atomic mass is 35.5. The van der Waals surface area contributed by atoms with E-state index in [4.69, 9.17) is 16.7 Å². The molecule has 0 spiro atoms. The molecule has 0 aliphatic rings. The molecule has 0 saturated heterocycles. The van der Waals surface area contributed by atoms with Crippen molar-refractivity contribution in [2.75, 3.05) is 0 Å². The summed E-state index contributed by atoms with van der Waals surface area (Å²) in [4.78, 5) is 4.76. The summed E-state index contributed by atoms with van der Waals surface area (Å²) >= 11 is 6.08. The van der Waals surface area contributed by atoms with Gasteiger partial charge in [0.25, 0.3) is 0 Å². The zero-order chi connectivity index (χ0) is 11.1. The molecular formula is C8H7ClF2N2OS. The van der Waals surface area contributed by atoms with Gasteiger partial charge in [-0.15, -0.1) is 11.3 Å². The SMILES string of the molecule is OC(Cc1cn2ccsc2n1)C(F)(F)Cl. The molecule has 0 aliphatic heterocycles. The number of fused-ring (bicyclic) bond motifs is 1. The molecule has 7 heteroatoms. The summed E-state index contributed by atoms with van der Waals surface area (Å²) in [6, 6.07) is 0. The topological polar surface area (TPSA) is 37.5 Å². The average molecular weight is 253 g/mol. The van der Waals surface area contributed by atoms with Crippen LogP contribution in [0.1, 0.15) is 5.69 Å².